The maximum absolute atomic E-state index is 15.1. The van der Waals surface area contributed by atoms with Crippen LogP contribution in [0.3, 0.4) is 0 Å². The largest absolute Gasteiger partial charge is 0.496 e. The number of benzene rings is 12. The number of hydrogen-bond donors (Lipinski definition) is 0. The van der Waals surface area contributed by atoms with Gasteiger partial charge in [0, 0.05) is 59.4 Å². The fourth-order valence-corrected chi connectivity index (χ4v) is 12.3. The maximum atomic E-state index is 15.1. The summed E-state index contributed by atoms with van der Waals surface area (Å²) in [5, 5.41) is 16.4. The molecule has 0 saturated carbocycles. The Labute approximate surface area is 420 Å². The molecule has 0 spiro atoms. The third-order valence-corrected chi connectivity index (χ3v) is 15.7. The first-order valence-electron chi connectivity index (χ1n) is 24.2. The predicted molar refractivity (Wildman–Crippen MR) is 299 cm³/mol. The van der Waals surface area contributed by atoms with Crippen molar-refractivity contribution in [2.75, 3.05) is 28.4 Å². The molecule has 0 aliphatic rings. The lowest BCUT2D eigenvalue weighted by Gasteiger charge is -2.17. The summed E-state index contributed by atoms with van der Waals surface area (Å²) in [6, 6.07) is 57.4. The van der Waals surface area contributed by atoms with E-state index in [0.29, 0.717) is 56.1 Å². The number of Topliss-reactive ketones (excluding diaryl/α,β-unsaturated/α-hetero) is 1. The van der Waals surface area contributed by atoms with Gasteiger partial charge in [0.2, 0.25) is 0 Å². The van der Waals surface area contributed by atoms with E-state index in [4.69, 9.17) is 31.9 Å². The number of fused-ring (bicyclic) bond motifs is 19. The van der Waals surface area contributed by atoms with Crippen LogP contribution in [0.1, 0.15) is 33.2 Å². The Morgan fingerprint density at radius 3 is 1.26 bits per heavy atom. The highest BCUT2D eigenvalue weighted by Crippen LogP contribution is 2.53. The summed E-state index contributed by atoms with van der Waals surface area (Å²) in [6.07, 6.45) is -1.13. The highest BCUT2D eigenvalue weighted by molar-refractivity contribution is 7.32. The van der Waals surface area contributed by atoms with Crippen LogP contribution in [0.15, 0.2) is 178 Å². The van der Waals surface area contributed by atoms with E-state index in [0.717, 1.165) is 97.3 Å². The predicted octanol–water partition coefficient (Wildman–Crippen LogP) is 17.2. The quantitative estimate of drug-likeness (QED) is 0.104. The molecule has 12 aromatic carbocycles. The summed E-state index contributed by atoms with van der Waals surface area (Å²) in [5.41, 5.74) is 4.23. The van der Waals surface area contributed by atoms with E-state index < -0.39 is 14.3 Å². The fourth-order valence-electron chi connectivity index (χ4n) is 11.1. The van der Waals surface area contributed by atoms with Crippen LogP contribution >= 0.6 is 8.24 Å². The monoisotopic (exact) mass is 974 g/mol. The number of hydrogen-bond acceptors (Lipinski definition) is 8. The van der Waals surface area contributed by atoms with E-state index in [9.17, 15) is 0 Å². The molecule has 0 aliphatic heterocycles. The molecule has 356 valence electrons. The van der Waals surface area contributed by atoms with Crippen molar-refractivity contribution in [1.82, 2.24) is 0 Å². The van der Waals surface area contributed by atoms with Crippen LogP contribution in [0.5, 0.6) is 23.0 Å². The first-order chi connectivity index (χ1) is 35.7. The molecular weight excluding hydrogens is 928 g/mol. The van der Waals surface area contributed by atoms with E-state index in [1.807, 2.05) is 86.6 Å². The lowest BCUT2D eigenvalue weighted by atomic mass is 9.90. The molecule has 1 aromatic heterocycles. The van der Waals surface area contributed by atoms with Crippen molar-refractivity contribution in [3.05, 3.63) is 192 Å². The zero-order valence-electron chi connectivity index (χ0n) is 41.0. The number of aryl methyl sites for hydroxylation is 2. The minimum atomic E-state index is -2.50. The van der Waals surface area contributed by atoms with Crippen molar-refractivity contribution < 1.29 is 36.7 Å². The van der Waals surface area contributed by atoms with Crippen molar-refractivity contribution in [2.24, 2.45) is 0 Å². The average molecular weight is 975 g/mol. The minimum Gasteiger partial charge on any atom is -0.496 e. The van der Waals surface area contributed by atoms with E-state index in [2.05, 4.69) is 97.1 Å². The Kier molecular flexibility index (Phi) is 10.5. The number of ketones is 1. The van der Waals surface area contributed by atoms with Crippen molar-refractivity contribution >= 4 is 122 Å². The second-order valence-electron chi connectivity index (χ2n) is 18.7. The van der Waals surface area contributed by atoms with Gasteiger partial charge in [-0.2, -0.15) is 0 Å². The van der Waals surface area contributed by atoms with E-state index in [1.165, 1.54) is 0 Å². The van der Waals surface area contributed by atoms with Crippen LogP contribution in [0.2, 0.25) is 0 Å². The Balaban J connectivity index is 1.29. The third kappa shape index (κ3) is 6.97. The van der Waals surface area contributed by atoms with Crippen LogP contribution in [0.25, 0.3) is 108 Å². The van der Waals surface area contributed by atoms with Gasteiger partial charge >= 0.3 is 8.24 Å². The van der Waals surface area contributed by atoms with Gasteiger partial charge in [-0.3, -0.25) is 9.32 Å². The number of carbonyl (C=O) groups is 1. The first-order valence-corrected chi connectivity index (χ1v) is 25.3. The lowest BCUT2D eigenvalue weighted by molar-refractivity contribution is 0.0843. The number of ether oxygens (including phenoxy) is 4. The van der Waals surface area contributed by atoms with Gasteiger partial charge in [0.1, 0.15) is 23.0 Å². The summed E-state index contributed by atoms with van der Waals surface area (Å²) in [6.45, 7) is 4.02. The third-order valence-electron chi connectivity index (χ3n) is 14.6. The minimum absolute atomic E-state index is 0.234. The molecule has 0 unspecified atom stereocenters. The zero-order chi connectivity index (χ0) is 49.6. The Bertz CT molecular complexity index is 4270. The molecule has 0 saturated heterocycles. The molecule has 0 aliphatic carbocycles. The van der Waals surface area contributed by atoms with Crippen molar-refractivity contribution in [2.45, 2.75) is 20.0 Å². The standard InChI is InChI=1S/C64H47O8P/c1-35-15-19-41(20-16-35)61(65)62(42-21-17-36(2)18-22-42)70-73-71-63-47(31-53(68-5)49-33-51(66-3)45-29-27-39-25-23-37-11-7-9-13-43(37)55(39)57(45)59(49)63)48-32-54(69-6)50-34-52(67-4)46-30-28-40-26-24-38-12-8-10-14-44(38)56(40)58(46)60(50)64(48)72-73/h7-34,62H,1-6H3/t62-/m1/s1. The molecule has 9 heteroatoms. The normalized spacial score (nSPS) is 12.3. The number of rotatable bonds is 9. The Hall–Kier alpha value is -8.55. The molecule has 0 N–H and O–H groups in total. The Morgan fingerprint density at radius 2 is 0.795 bits per heavy atom. The van der Waals surface area contributed by atoms with Gasteiger partial charge in [0.25, 0.3) is 0 Å². The highest BCUT2D eigenvalue weighted by Gasteiger charge is 2.29. The Morgan fingerprint density at radius 1 is 0.397 bits per heavy atom. The smallest absolute Gasteiger partial charge is 0.388 e. The topological polar surface area (TPSA) is 89.5 Å². The van der Waals surface area contributed by atoms with Crippen LogP contribution in [0, 0.1) is 13.8 Å². The molecule has 73 heavy (non-hydrogen) atoms. The maximum Gasteiger partial charge on any atom is 0.388 e. The van der Waals surface area contributed by atoms with Gasteiger partial charge in [-0.15, -0.1) is 0 Å². The zero-order valence-corrected chi connectivity index (χ0v) is 41.9. The van der Waals surface area contributed by atoms with Crippen molar-refractivity contribution in [3.63, 3.8) is 0 Å². The van der Waals surface area contributed by atoms with Gasteiger partial charge in [-0.1, -0.05) is 145 Å². The number of carbonyl (C=O) groups excluding carboxylic acids is 1. The van der Waals surface area contributed by atoms with Crippen molar-refractivity contribution in [3.8, 4) is 23.0 Å². The number of methoxy groups -OCH3 is 4. The molecule has 1 atom stereocenters. The average Bonchev–Trinajstić information content (AvgIpc) is 3.59. The highest BCUT2D eigenvalue weighted by atomic mass is 31.1. The van der Waals surface area contributed by atoms with Crippen LogP contribution in [-0.2, 0) is 0 Å². The molecule has 8 nitrogen and oxygen atoms in total. The van der Waals surface area contributed by atoms with E-state index >= 15 is 4.79 Å². The lowest BCUT2D eigenvalue weighted by Crippen LogP contribution is -2.18. The van der Waals surface area contributed by atoms with Crippen LogP contribution < -0.4 is 23.5 Å². The molecule has 0 amide bonds. The summed E-state index contributed by atoms with van der Waals surface area (Å²) < 4.78 is 47.6. The molecule has 1 heterocycles. The second-order valence-corrected chi connectivity index (χ2v) is 19.7. The van der Waals surface area contributed by atoms with Crippen LogP contribution in [-0.4, -0.2) is 34.2 Å². The summed E-state index contributed by atoms with van der Waals surface area (Å²) >= 11 is 0. The van der Waals surface area contributed by atoms with Gasteiger partial charge in [0.15, 0.2) is 23.1 Å². The van der Waals surface area contributed by atoms with Crippen molar-refractivity contribution in [1.29, 1.82) is 0 Å². The molecule has 0 bridgehead atoms. The fraction of sp³-hybridized carbons (Fsp3) is 0.109. The second kappa shape index (κ2) is 17.3. The SMILES string of the molecule is COc1cc2c3cc(OC)c4cc(OC)c5ccc6ccc7ccccc7c6c5c4c3op(O[C@@H](C(=O)c3ccc(C)cc3)c3ccc(C)cc3)oc2c2c1cc(OC)c1ccc3ccc4ccccc4c3c12. The first kappa shape index (κ1) is 44.4. The molecule has 13 rings (SSSR count). The molecule has 13 aromatic rings. The summed E-state index contributed by atoms with van der Waals surface area (Å²) in [7, 11) is 4.25. The van der Waals surface area contributed by atoms with Gasteiger partial charge in [-0.25, -0.2) is 0 Å². The molecular formula is C64H47O8P. The van der Waals surface area contributed by atoms with Gasteiger partial charge < -0.3 is 27.3 Å². The summed E-state index contributed by atoms with van der Waals surface area (Å²) in [4.78, 5) is 15.1. The van der Waals surface area contributed by atoms with Crippen LogP contribution in [0.4, 0.5) is 0 Å². The summed E-state index contributed by atoms with van der Waals surface area (Å²) in [5.74, 6) is 2.30. The van der Waals surface area contributed by atoms with Gasteiger partial charge in [0.05, 0.1) is 28.4 Å². The van der Waals surface area contributed by atoms with Gasteiger partial charge in [-0.05, 0) is 98.9 Å². The molecule has 0 fully saturated rings. The van der Waals surface area contributed by atoms with E-state index in [-0.39, 0.29) is 5.78 Å². The van der Waals surface area contributed by atoms with E-state index in [1.54, 1.807) is 28.4 Å². The molecule has 0 radical (unpaired) electrons.